The van der Waals surface area contributed by atoms with E-state index in [1.807, 2.05) is 61.5 Å². The van der Waals surface area contributed by atoms with E-state index in [4.69, 9.17) is 10.7 Å². The molecule has 2 aromatic carbocycles. The molecule has 4 rings (SSSR count). The Labute approximate surface area is 191 Å². The number of rotatable bonds is 8. The zero-order valence-corrected chi connectivity index (χ0v) is 18.6. The number of anilines is 1. The smallest absolute Gasteiger partial charge is 0.315 e. The average molecular weight is 435 g/mol. The molecule has 0 radical (unpaired) electrons. The topological polar surface area (TPSA) is 97.9 Å². The second-order valence-corrected chi connectivity index (χ2v) is 8.03. The van der Waals surface area contributed by atoms with E-state index in [1.165, 1.54) is 0 Å². The van der Waals surface area contributed by atoms with Crippen LogP contribution >= 0.6 is 0 Å². The molecule has 7 heteroatoms. The van der Waals surface area contributed by atoms with Crippen LogP contribution in [0.4, 0.5) is 10.6 Å². The largest absolute Gasteiger partial charge is 0.382 e. The van der Waals surface area contributed by atoms with Gasteiger partial charge in [-0.25, -0.2) is 14.8 Å². The molecule has 2 amide bonds. The van der Waals surface area contributed by atoms with Gasteiger partial charge in [-0.1, -0.05) is 61.9 Å². The van der Waals surface area contributed by atoms with Crippen molar-refractivity contribution in [2.24, 2.45) is 0 Å². The summed E-state index contributed by atoms with van der Waals surface area (Å²) in [5, 5.41) is 7.01. The number of aryl methyl sites for hydroxylation is 1. The number of hydrogen-bond donors (Lipinski definition) is 3. The summed E-state index contributed by atoms with van der Waals surface area (Å²) in [5.41, 5.74) is 9.89. The number of unbranched alkanes of at least 4 members (excludes halogenated alkanes) is 1. The van der Waals surface area contributed by atoms with Gasteiger partial charge in [0.05, 0.1) is 17.1 Å². The maximum Gasteiger partial charge on any atom is 0.315 e. The van der Waals surface area contributed by atoms with E-state index in [-0.39, 0.29) is 14.9 Å². The van der Waals surface area contributed by atoms with Crippen LogP contribution in [0.1, 0.15) is 47.0 Å². The SMILES string of the molecule is CCCCc1nc2c(N)nc3ccccc3c2n1CCNC(=O)N[C@@H](C)c1ccccc1.[HH].[HH]. The van der Waals surface area contributed by atoms with Crippen molar-refractivity contribution in [1.29, 1.82) is 0 Å². The number of hydrogen-bond acceptors (Lipinski definition) is 4. The van der Waals surface area contributed by atoms with Crippen LogP contribution in [-0.2, 0) is 13.0 Å². The second kappa shape index (κ2) is 9.68. The van der Waals surface area contributed by atoms with Crippen molar-refractivity contribution >= 4 is 33.8 Å². The van der Waals surface area contributed by atoms with Crippen LogP contribution in [0.2, 0.25) is 0 Å². The van der Waals surface area contributed by atoms with Crippen molar-refractivity contribution in [3.63, 3.8) is 0 Å². The Morgan fingerprint density at radius 3 is 2.66 bits per heavy atom. The number of nitrogens with two attached hydrogens (primary N) is 1. The minimum atomic E-state index is -0.188. The summed E-state index contributed by atoms with van der Waals surface area (Å²) in [6.07, 6.45) is 2.98. The van der Waals surface area contributed by atoms with E-state index < -0.39 is 0 Å². The number of amides is 2. The number of pyridine rings is 1. The molecule has 1 atom stereocenters. The number of aromatic nitrogens is 3. The maximum atomic E-state index is 12.5. The van der Waals surface area contributed by atoms with Crippen LogP contribution in [0, 0.1) is 0 Å². The molecule has 0 spiro atoms. The number of benzene rings is 2. The van der Waals surface area contributed by atoms with Crippen LogP contribution in [0.15, 0.2) is 54.6 Å². The summed E-state index contributed by atoms with van der Waals surface area (Å²) in [6.45, 7) is 5.23. The standard InChI is InChI=1S/C25H30N6O.2H2/c1-3-4-14-21-30-22-23(19-12-8-9-13-20(19)29-24(22)26)31(21)16-15-27-25(32)28-17(2)18-10-6-5-7-11-18;;/h5-13,17H,3-4,14-16H2,1-2H3,(H2,26,29)(H2,27,28,32);2*1H/t17-;;/m0../s1. The van der Waals surface area contributed by atoms with Crippen molar-refractivity contribution in [3.8, 4) is 0 Å². The first-order valence-electron chi connectivity index (χ1n) is 11.2. The molecule has 7 nitrogen and oxygen atoms in total. The Hall–Kier alpha value is -3.61. The number of imidazole rings is 1. The Morgan fingerprint density at radius 2 is 1.88 bits per heavy atom. The fourth-order valence-electron chi connectivity index (χ4n) is 4.03. The Bertz CT molecular complexity index is 1230. The fourth-order valence-corrected chi connectivity index (χ4v) is 4.03. The zero-order valence-electron chi connectivity index (χ0n) is 18.6. The number of nitrogens with zero attached hydrogens (tertiary/aromatic N) is 3. The molecule has 4 N–H and O–H groups in total. The number of carbonyl (C=O) groups is 1. The molecular formula is C25H34N6O. The molecule has 0 fully saturated rings. The van der Waals surface area contributed by atoms with Gasteiger partial charge >= 0.3 is 6.03 Å². The van der Waals surface area contributed by atoms with E-state index in [0.717, 1.165) is 52.6 Å². The summed E-state index contributed by atoms with van der Waals surface area (Å²) >= 11 is 0. The van der Waals surface area contributed by atoms with Crippen molar-refractivity contribution in [2.75, 3.05) is 12.3 Å². The van der Waals surface area contributed by atoms with E-state index in [9.17, 15) is 4.79 Å². The van der Waals surface area contributed by atoms with Crippen LogP contribution in [-0.4, -0.2) is 27.1 Å². The molecule has 0 aliphatic carbocycles. The molecule has 2 aromatic heterocycles. The molecule has 0 aliphatic rings. The minimum absolute atomic E-state index is 0. The number of para-hydroxylation sites is 1. The van der Waals surface area contributed by atoms with Crippen LogP contribution in [0.25, 0.3) is 21.9 Å². The highest BCUT2D eigenvalue weighted by atomic mass is 16.2. The van der Waals surface area contributed by atoms with Gasteiger partial charge in [0.15, 0.2) is 5.82 Å². The molecule has 0 saturated heterocycles. The first kappa shape index (κ1) is 21.6. The molecule has 0 bridgehead atoms. The number of nitrogen functional groups attached to an aromatic ring is 1. The molecule has 2 heterocycles. The summed E-state index contributed by atoms with van der Waals surface area (Å²) in [6, 6.07) is 17.6. The number of nitrogens with one attached hydrogen (secondary N) is 2. The van der Waals surface area contributed by atoms with Crippen LogP contribution in [0.3, 0.4) is 0 Å². The van der Waals surface area contributed by atoms with E-state index in [2.05, 4.69) is 27.1 Å². The predicted molar refractivity (Wildman–Crippen MR) is 134 cm³/mol. The van der Waals surface area contributed by atoms with Crippen LogP contribution < -0.4 is 16.4 Å². The van der Waals surface area contributed by atoms with E-state index in [1.54, 1.807) is 0 Å². The Morgan fingerprint density at radius 1 is 1.12 bits per heavy atom. The summed E-state index contributed by atoms with van der Waals surface area (Å²) in [5.74, 6) is 1.42. The zero-order chi connectivity index (χ0) is 22.5. The van der Waals surface area contributed by atoms with Gasteiger partial charge in [-0.3, -0.25) is 0 Å². The highest BCUT2D eigenvalue weighted by molar-refractivity contribution is 6.06. The molecule has 4 aromatic rings. The first-order valence-corrected chi connectivity index (χ1v) is 11.2. The van der Waals surface area contributed by atoms with Gasteiger partial charge in [0, 0.05) is 27.7 Å². The van der Waals surface area contributed by atoms with Gasteiger partial charge in [0.25, 0.3) is 0 Å². The molecule has 0 unspecified atom stereocenters. The first-order chi connectivity index (χ1) is 15.6. The van der Waals surface area contributed by atoms with Gasteiger partial charge in [-0.2, -0.15) is 0 Å². The third-order valence-corrected chi connectivity index (χ3v) is 5.71. The molecule has 170 valence electrons. The summed E-state index contributed by atoms with van der Waals surface area (Å²) < 4.78 is 2.19. The number of urea groups is 1. The monoisotopic (exact) mass is 434 g/mol. The molecule has 0 aliphatic heterocycles. The lowest BCUT2D eigenvalue weighted by molar-refractivity contribution is 0.237. The summed E-state index contributed by atoms with van der Waals surface area (Å²) in [4.78, 5) is 21.8. The van der Waals surface area contributed by atoms with Crippen LogP contribution in [0.5, 0.6) is 0 Å². The number of fused-ring (bicyclic) bond motifs is 3. The van der Waals surface area contributed by atoms with Gasteiger partial charge < -0.3 is 20.9 Å². The maximum absolute atomic E-state index is 12.5. The Balaban J connectivity index is 0.00000204. The van der Waals surface area contributed by atoms with Crippen molar-refractivity contribution in [3.05, 3.63) is 66.0 Å². The molecule has 32 heavy (non-hydrogen) atoms. The lowest BCUT2D eigenvalue weighted by atomic mass is 10.1. The van der Waals surface area contributed by atoms with E-state index >= 15 is 0 Å². The molecule has 0 saturated carbocycles. The van der Waals surface area contributed by atoms with E-state index in [0.29, 0.717) is 18.9 Å². The second-order valence-electron chi connectivity index (χ2n) is 8.03. The lowest BCUT2D eigenvalue weighted by Gasteiger charge is -2.16. The summed E-state index contributed by atoms with van der Waals surface area (Å²) in [7, 11) is 0. The Kier molecular flexibility index (Phi) is 6.54. The number of carbonyl (C=O) groups excluding carboxylic acids is 1. The lowest BCUT2D eigenvalue weighted by Crippen LogP contribution is -2.38. The van der Waals surface area contributed by atoms with Crippen molar-refractivity contribution < 1.29 is 7.65 Å². The highest BCUT2D eigenvalue weighted by Gasteiger charge is 2.17. The predicted octanol–water partition coefficient (Wildman–Crippen LogP) is 5.06. The van der Waals surface area contributed by atoms with Gasteiger partial charge in [0.1, 0.15) is 11.3 Å². The van der Waals surface area contributed by atoms with Gasteiger partial charge in [0.2, 0.25) is 0 Å². The third-order valence-electron chi connectivity index (χ3n) is 5.71. The van der Waals surface area contributed by atoms with Crippen molar-refractivity contribution in [2.45, 2.75) is 45.7 Å². The van der Waals surface area contributed by atoms with Crippen molar-refractivity contribution in [1.82, 2.24) is 25.2 Å². The fraction of sp³-hybridized carbons (Fsp3) is 0.320. The highest BCUT2D eigenvalue weighted by Crippen LogP contribution is 2.29. The third kappa shape index (κ3) is 4.51. The minimum Gasteiger partial charge on any atom is -0.382 e. The normalized spacial score (nSPS) is 12.2. The molecular weight excluding hydrogens is 400 g/mol. The van der Waals surface area contributed by atoms with Gasteiger partial charge in [-0.05, 0) is 25.0 Å². The van der Waals surface area contributed by atoms with Gasteiger partial charge in [-0.15, -0.1) is 0 Å². The average Bonchev–Trinajstić information content (AvgIpc) is 3.17. The quantitative estimate of drug-likeness (QED) is 0.361.